The van der Waals surface area contributed by atoms with Crippen LogP contribution < -0.4 is 0 Å². The van der Waals surface area contributed by atoms with Gasteiger partial charge >= 0.3 is 0 Å². The third-order valence-corrected chi connectivity index (χ3v) is 4.01. The summed E-state index contributed by atoms with van der Waals surface area (Å²) in [6.45, 7) is 15.0. The van der Waals surface area contributed by atoms with Crippen molar-refractivity contribution in [1.29, 1.82) is 0 Å². The van der Waals surface area contributed by atoms with Gasteiger partial charge in [0.2, 0.25) is 0 Å². The molecule has 0 N–H and O–H groups in total. The van der Waals surface area contributed by atoms with Crippen molar-refractivity contribution in [2.45, 2.75) is 13.8 Å². The molecular formula is C13H27N4Y-. The molecule has 0 saturated carbocycles. The van der Waals surface area contributed by atoms with Crippen molar-refractivity contribution in [3.8, 4) is 0 Å². The molecule has 3 heterocycles. The zero-order valence-electron chi connectivity index (χ0n) is 12.2. The predicted molar refractivity (Wildman–Crippen MR) is 72.4 cm³/mol. The summed E-state index contributed by atoms with van der Waals surface area (Å²) < 4.78 is 0. The molecule has 0 amide bonds. The Labute approximate surface area is 137 Å². The molecule has 0 aromatic carbocycles. The molecule has 3 aliphatic heterocycles. The minimum Gasteiger partial charge on any atom is -0.661 e. The summed E-state index contributed by atoms with van der Waals surface area (Å²) >= 11 is 0. The van der Waals surface area contributed by atoms with Crippen molar-refractivity contribution in [3.63, 3.8) is 0 Å². The summed E-state index contributed by atoms with van der Waals surface area (Å²) in [6.07, 6.45) is 0. The van der Waals surface area contributed by atoms with E-state index < -0.39 is 0 Å². The molecule has 3 aliphatic rings. The number of nitrogens with zero attached hydrogens (tertiary/aromatic N) is 4. The SMILES string of the molecule is CC.CN1CCN(CN2CC3(C[N-]C3)C2)CC1.[Y]. The van der Waals surface area contributed by atoms with Crippen LogP contribution in [0, 0.1) is 5.41 Å². The standard InChI is InChI=1S/C11H21N4.C2H6.Y/c1-13-2-4-14(5-3-13)10-15-8-11(9-15)6-12-7-11;1-2;/h2-10H2,1H3;1-2H3;/q-1;;. The van der Waals surface area contributed by atoms with Crippen LogP contribution in [-0.2, 0) is 32.7 Å². The zero-order valence-corrected chi connectivity index (χ0v) is 15.1. The van der Waals surface area contributed by atoms with Crippen LogP contribution in [0.1, 0.15) is 13.8 Å². The van der Waals surface area contributed by atoms with Crippen molar-refractivity contribution >= 4 is 0 Å². The Kier molecular flexibility index (Phi) is 7.23. The summed E-state index contributed by atoms with van der Waals surface area (Å²) in [4.78, 5) is 7.58. The van der Waals surface area contributed by atoms with Gasteiger partial charge in [-0.1, -0.05) is 13.8 Å². The van der Waals surface area contributed by atoms with Gasteiger partial charge in [-0.2, -0.15) is 0 Å². The van der Waals surface area contributed by atoms with E-state index in [0.29, 0.717) is 5.41 Å². The van der Waals surface area contributed by atoms with Gasteiger partial charge in [-0.3, -0.25) is 9.80 Å². The minimum absolute atomic E-state index is 0. The molecule has 18 heavy (non-hydrogen) atoms. The van der Waals surface area contributed by atoms with Gasteiger partial charge in [0.15, 0.2) is 0 Å². The van der Waals surface area contributed by atoms with Gasteiger partial charge < -0.3 is 10.2 Å². The Balaban J connectivity index is 0.000000516. The zero-order chi connectivity index (χ0) is 12.3. The van der Waals surface area contributed by atoms with Crippen LogP contribution in [0.15, 0.2) is 0 Å². The smallest absolute Gasteiger partial charge is 0.0507 e. The van der Waals surface area contributed by atoms with Gasteiger partial charge in [0, 0.05) is 72.0 Å². The molecule has 3 saturated heterocycles. The van der Waals surface area contributed by atoms with Crippen molar-refractivity contribution < 1.29 is 32.7 Å². The fourth-order valence-corrected chi connectivity index (χ4v) is 2.90. The van der Waals surface area contributed by atoms with Crippen molar-refractivity contribution in [2.75, 3.05) is 66.1 Å². The third-order valence-electron chi connectivity index (χ3n) is 4.01. The number of likely N-dealkylation sites (N-methyl/N-ethyl adjacent to an activating group) is 1. The Hall–Kier alpha value is 0.944. The van der Waals surface area contributed by atoms with E-state index in [1.807, 2.05) is 13.8 Å². The van der Waals surface area contributed by atoms with E-state index >= 15 is 0 Å². The molecule has 4 nitrogen and oxygen atoms in total. The number of rotatable bonds is 2. The van der Waals surface area contributed by atoms with Gasteiger partial charge in [0.05, 0.1) is 6.67 Å². The first-order chi connectivity index (χ1) is 8.26. The Morgan fingerprint density at radius 2 is 1.50 bits per heavy atom. The van der Waals surface area contributed by atoms with Gasteiger partial charge in [0.25, 0.3) is 0 Å². The van der Waals surface area contributed by atoms with E-state index in [1.165, 1.54) is 45.9 Å². The monoisotopic (exact) mass is 328 g/mol. The molecule has 0 atom stereocenters. The number of hydrogen-bond acceptors (Lipinski definition) is 3. The number of piperazine rings is 1. The van der Waals surface area contributed by atoms with Gasteiger partial charge in [-0.05, 0) is 12.5 Å². The maximum atomic E-state index is 4.34. The second-order valence-electron chi connectivity index (χ2n) is 5.59. The van der Waals surface area contributed by atoms with Gasteiger partial charge in [-0.15, -0.1) is 13.1 Å². The van der Waals surface area contributed by atoms with Crippen molar-refractivity contribution in [2.24, 2.45) is 5.41 Å². The molecule has 0 unspecified atom stereocenters. The van der Waals surface area contributed by atoms with Crippen LogP contribution in [0.5, 0.6) is 0 Å². The Morgan fingerprint density at radius 3 is 1.94 bits per heavy atom. The Bertz CT molecular complexity index is 229. The third kappa shape index (κ3) is 3.97. The van der Waals surface area contributed by atoms with Crippen LogP contribution in [0.25, 0.3) is 5.32 Å². The van der Waals surface area contributed by atoms with Crippen LogP contribution in [0.2, 0.25) is 0 Å². The molecule has 1 radical (unpaired) electrons. The first-order valence-electron chi connectivity index (χ1n) is 7.02. The normalized spacial score (nSPS) is 27.5. The summed E-state index contributed by atoms with van der Waals surface area (Å²) in [7, 11) is 2.21. The molecule has 1 spiro atoms. The molecule has 0 aromatic heterocycles. The quantitative estimate of drug-likeness (QED) is 0.753. The summed E-state index contributed by atoms with van der Waals surface area (Å²) in [6, 6.07) is 0. The van der Waals surface area contributed by atoms with Gasteiger partial charge in [-0.25, -0.2) is 0 Å². The molecule has 0 bridgehead atoms. The maximum absolute atomic E-state index is 4.34. The number of hydrogen-bond donors (Lipinski definition) is 0. The van der Waals surface area contributed by atoms with Crippen molar-refractivity contribution in [1.82, 2.24) is 14.7 Å². The molecule has 0 aromatic rings. The summed E-state index contributed by atoms with van der Waals surface area (Å²) in [5.74, 6) is 0. The largest absolute Gasteiger partial charge is 0.661 e. The van der Waals surface area contributed by atoms with Crippen LogP contribution in [-0.4, -0.2) is 80.8 Å². The van der Waals surface area contributed by atoms with E-state index in [1.54, 1.807) is 0 Å². The topological polar surface area (TPSA) is 23.8 Å². The van der Waals surface area contributed by atoms with Gasteiger partial charge in [0.1, 0.15) is 0 Å². The molecule has 103 valence electrons. The van der Waals surface area contributed by atoms with E-state index in [0.717, 1.165) is 13.1 Å². The molecule has 0 aliphatic carbocycles. The molecule has 3 rings (SSSR count). The van der Waals surface area contributed by atoms with Crippen LogP contribution in [0.3, 0.4) is 0 Å². The van der Waals surface area contributed by atoms with Crippen LogP contribution in [0.4, 0.5) is 0 Å². The fraction of sp³-hybridized carbons (Fsp3) is 1.00. The predicted octanol–water partition coefficient (Wildman–Crippen LogP) is 0.904. The first-order valence-corrected chi connectivity index (χ1v) is 7.02. The minimum atomic E-state index is 0. The maximum Gasteiger partial charge on any atom is 0.0507 e. The van der Waals surface area contributed by atoms with E-state index in [4.69, 9.17) is 0 Å². The Morgan fingerprint density at radius 1 is 0.944 bits per heavy atom. The average Bonchev–Trinajstić information content (AvgIpc) is 2.26. The van der Waals surface area contributed by atoms with Crippen LogP contribution >= 0.6 is 0 Å². The summed E-state index contributed by atoms with van der Waals surface area (Å²) in [5, 5.41) is 4.34. The second kappa shape index (κ2) is 7.65. The van der Waals surface area contributed by atoms with E-state index in [-0.39, 0.29) is 32.7 Å². The van der Waals surface area contributed by atoms with E-state index in [9.17, 15) is 0 Å². The summed E-state index contributed by atoms with van der Waals surface area (Å²) in [5.41, 5.74) is 0.632. The molecular weight excluding hydrogens is 301 g/mol. The second-order valence-corrected chi connectivity index (χ2v) is 5.59. The number of likely N-dealkylation sites (tertiary alicyclic amines) is 1. The van der Waals surface area contributed by atoms with Crippen molar-refractivity contribution in [3.05, 3.63) is 5.32 Å². The average molecular weight is 328 g/mol. The van der Waals surface area contributed by atoms with E-state index in [2.05, 4.69) is 27.1 Å². The molecule has 3 fully saturated rings. The molecule has 5 heteroatoms. The first kappa shape index (κ1) is 17.0. The fourth-order valence-electron chi connectivity index (χ4n) is 2.90.